The molecular formula is C14H13ClN2OS2. The first kappa shape index (κ1) is 12.8. The van der Waals surface area contributed by atoms with Gasteiger partial charge in [-0.2, -0.15) is 0 Å². The van der Waals surface area contributed by atoms with Crippen molar-refractivity contribution in [2.75, 3.05) is 6.54 Å². The summed E-state index contributed by atoms with van der Waals surface area (Å²) in [6.45, 7) is 0.932. The summed E-state index contributed by atoms with van der Waals surface area (Å²) in [6, 6.07) is 4.29. The third-order valence-electron chi connectivity index (χ3n) is 4.17. The first-order valence-electron chi connectivity index (χ1n) is 6.73. The molecule has 2 aliphatic rings. The van der Waals surface area contributed by atoms with Crippen molar-refractivity contribution in [3.63, 3.8) is 0 Å². The van der Waals surface area contributed by atoms with E-state index in [9.17, 15) is 4.79 Å². The van der Waals surface area contributed by atoms with Crippen molar-refractivity contribution in [2.45, 2.75) is 25.3 Å². The largest absolute Gasteiger partial charge is 0.335 e. The molecule has 1 amide bonds. The van der Waals surface area contributed by atoms with Gasteiger partial charge >= 0.3 is 0 Å². The topological polar surface area (TPSA) is 33.2 Å². The molecular weight excluding hydrogens is 312 g/mol. The number of thiophene rings is 1. The average Bonchev–Trinajstić information content (AvgIpc) is 3.20. The maximum absolute atomic E-state index is 12.6. The molecule has 1 aliphatic heterocycles. The average molecular weight is 325 g/mol. The van der Waals surface area contributed by atoms with E-state index >= 15 is 0 Å². The zero-order valence-electron chi connectivity index (χ0n) is 10.7. The van der Waals surface area contributed by atoms with E-state index in [1.54, 1.807) is 6.20 Å². The Labute approximate surface area is 130 Å². The van der Waals surface area contributed by atoms with E-state index in [2.05, 4.69) is 4.98 Å². The number of amides is 1. The molecule has 0 N–H and O–H groups in total. The number of hydrogen-bond donors (Lipinski definition) is 0. The second kappa shape index (κ2) is 4.83. The molecule has 104 valence electrons. The van der Waals surface area contributed by atoms with E-state index in [4.69, 9.17) is 11.6 Å². The first-order valence-corrected chi connectivity index (χ1v) is 8.74. The van der Waals surface area contributed by atoms with Crippen molar-refractivity contribution in [3.05, 3.63) is 27.5 Å². The van der Waals surface area contributed by atoms with Gasteiger partial charge in [0, 0.05) is 12.6 Å². The van der Waals surface area contributed by atoms with Gasteiger partial charge in [-0.1, -0.05) is 11.6 Å². The zero-order chi connectivity index (χ0) is 13.7. The minimum atomic E-state index is 0.156. The normalized spacial score (nSPS) is 24.6. The van der Waals surface area contributed by atoms with Crippen molar-refractivity contribution >= 4 is 40.2 Å². The highest BCUT2D eigenvalue weighted by Gasteiger charge is 2.40. The van der Waals surface area contributed by atoms with Gasteiger partial charge in [-0.05, 0) is 37.3 Å². The molecule has 2 aromatic rings. The fraction of sp³-hybridized carbons (Fsp3) is 0.429. The quantitative estimate of drug-likeness (QED) is 0.831. The number of likely N-dealkylation sites (tertiary alicyclic amines) is 1. The van der Waals surface area contributed by atoms with Gasteiger partial charge in [0.1, 0.15) is 9.88 Å². The van der Waals surface area contributed by atoms with Gasteiger partial charge in [-0.15, -0.1) is 22.7 Å². The van der Waals surface area contributed by atoms with E-state index < -0.39 is 0 Å². The molecule has 4 rings (SSSR count). The van der Waals surface area contributed by atoms with E-state index in [0.29, 0.717) is 6.04 Å². The molecule has 1 aliphatic carbocycles. The van der Waals surface area contributed by atoms with Crippen molar-refractivity contribution in [3.8, 4) is 9.88 Å². The van der Waals surface area contributed by atoms with Gasteiger partial charge in [0.2, 0.25) is 0 Å². The highest BCUT2D eigenvalue weighted by atomic mass is 35.5. The van der Waals surface area contributed by atoms with Crippen LogP contribution >= 0.6 is 34.3 Å². The van der Waals surface area contributed by atoms with Crippen LogP contribution in [0.15, 0.2) is 18.3 Å². The molecule has 0 spiro atoms. The summed E-state index contributed by atoms with van der Waals surface area (Å²) in [5.74, 6) is 0.885. The van der Waals surface area contributed by atoms with Gasteiger partial charge in [0.25, 0.3) is 5.91 Å². The summed E-state index contributed by atoms with van der Waals surface area (Å²) in [5.41, 5.74) is 0. The lowest BCUT2D eigenvalue weighted by molar-refractivity contribution is 0.0708. The Hall–Kier alpha value is -0.910. The van der Waals surface area contributed by atoms with Gasteiger partial charge in [-0.25, -0.2) is 4.98 Å². The van der Waals surface area contributed by atoms with Crippen LogP contribution in [-0.4, -0.2) is 28.4 Å². The summed E-state index contributed by atoms with van der Waals surface area (Å²) >= 11 is 8.92. The second-order valence-corrected chi connectivity index (χ2v) is 8.17. The Morgan fingerprint density at radius 2 is 2.25 bits per heavy atom. The summed E-state index contributed by atoms with van der Waals surface area (Å²) in [6.07, 6.45) is 5.36. The Morgan fingerprint density at radius 1 is 1.35 bits per heavy atom. The number of aromatic nitrogens is 1. The predicted molar refractivity (Wildman–Crippen MR) is 82.6 cm³/mol. The molecule has 2 fully saturated rings. The van der Waals surface area contributed by atoms with Gasteiger partial charge in [0.05, 0.1) is 15.4 Å². The number of hydrogen-bond acceptors (Lipinski definition) is 4. The van der Waals surface area contributed by atoms with Crippen LogP contribution in [0, 0.1) is 5.92 Å². The third-order valence-corrected chi connectivity index (χ3v) is 6.56. The highest BCUT2D eigenvalue weighted by molar-refractivity contribution is 7.24. The van der Waals surface area contributed by atoms with Crippen molar-refractivity contribution in [2.24, 2.45) is 5.92 Å². The van der Waals surface area contributed by atoms with E-state index in [1.807, 2.05) is 17.0 Å². The van der Waals surface area contributed by atoms with E-state index in [0.717, 1.165) is 31.6 Å². The van der Waals surface area contributed by atoms with E-state index in [1.165, 1.54) is 41.9 Å². The zero-order valence-corrected chi connectivity index (χ0v) is 13.1. The number of nitrogens with zero attached hydrogens (tertiary/aromatic N) is 2. The minimum Gasteiger partial charge on any atom is -0.335 e. The number of carbonyl (C=O) groups is 1. The lowest BCUT2D eigenvalue weighted by Gasteiger charge is -2.26. The van der Waals surface area contributed by atoms with Crippen LogP contribution < -0.4 is 0 Å². The SMILES string of the molecule is O=C(c1cnc(-c2ccc(Cl)s2)s1)N1CC2CCC1C2. The third kappa shape index (κ3) is 2.08. The summed E-state index contributed by atoms with van der Waals surface area (Å²) in [7, 11) is 0. The van der Waals surface area contributed by atoms with Crippen LogP contribution in [0.25, 0.3) is 9.88 Å². The Morgan fingerprint density at radius 3 is 2.90 bits per heavy atom. The first-order chi connectivity index (χ1) is 9.70. The minimum absolute atomic E-state index is 0.156. The van der Waals surface area contributed by atoms with Gasteiger partial charge in [0.15, 0.2) is 0 Å². The Kier molecular flexibility index (Phi) is 3.09. The number of halogens is 1. The van der Waals surface area contributed by atoms with Gasteiger partial charge in [-0.3, -0.25) is 4.79 Å². The molecule has 0 radical (unpaired) electrons. The molecule has 3 heterocycles. The van der Waals surface area contributed by atoms with E-state index in [-0.39, 0.29) is 5.91 Å². The number of rotatable bonds is 2. The molecule has 2 unspecified atom stereocenters. The number of piperidine rings is 1. The van der Waals surface area contributed by atoms with Crippen molar-refractivity contribution < 1.29 is 4.79 Å². The van der Waals surface area contributed by atoms with Crippen molar-refractivity contribution in [1.82, 2.24) is 9.88 Å². The number of fused-ring (bicyclic) bond motifs is 2. The molecule has 1 saturated carbocycles. The molecule has 1 saturated heterocycles. The lowest BCUT2D eigenvalue weighted by atomic mass is 10.1. The monoisotopic (exact) mass is 324 g/mol. The maximum atomic E-state index is 12.6. The van der Waals surface area contributed by atoms with Crippen molar-refractivity contribution in [1.29, 1.82) is 0 Å². The lowest BCUT2D eigenvalue weighted by Crippen LogP contribution is -2.37. The standard InChI is InChI=1S/C14H13ClN2OS2/c15-12-4-3-10(19-12)13-16-6-11(20-13)14(18)17-7-8-1-2-9(17)5-8/h3-4,6,8-9H,1-2,5,7H2. The molecule has 3 nitrogen and oxygen atoms in total. The van der Waals surface area contributed by atoms with Crippen LogP contribution in [0.4, 0.5) is 0 Å². The Bertz CT molecular complexity index is 666. The summed E-state index contributed by atoms with van der Waals surface area (Å²) < 4.78 is 0.750. The van der Waals surface area contributed by atoms with Gasteiger partial charge < -0.3 is 4.90 Å². The molecule has 2 aromatic heterocycles. The Balaban J connectivity index is 1.57. The molecule has 20 heavy (non-hydrogen) atoms. The van der Waals surface area contributed by atoms with Crippen LogP contribution in [0.5, 0.6) is 0 Å². The molecule has 2 bridgehead atoms. The fourth-order valence-corrected chi connectivity index (χ4v) is 5.21. The molecule has 2 atom stereocenters. The maximum Gasteiger partial charge on any atom is 0.265 e. The molecule has 0 aromatic carbocycles. The van der Waals surface area contributed by atoms with Crippen LogP contribution in [0.1, 0.15) is 28.9 Å². The summed E-state index contributed by atoms with van der Waals surface area (Å²) in [5, 5.41) is 0.884. The van der Waals surface area contributed by atoms with Crippen LogP contribution in [-0.2, 0) is 0 Å². The smallest absolute Gasteiger partial charge is 0.265 e. The summed E-state index contributed by atoms with van der Waals surface area (Å²) in [4.78, 5) is 20.8. The number of carbonyl (C=O) groups excluding carboxylic acids is 1. The predicted octanol–water partition coefficient (Wildman–Crippen LogP) is 4.15. The van der Waals surface area contributed by atoms with Crippen LogP contribution in [0.2, 0.25) is 4.34 Å². The van der Waals surface area contributed by atoms with Crippen LogP contribution in [0.3, 0.4) is 0 Å². The molecule has 6 heteroatoms. The fourth-order valence-electron chi connectivity index (χ4n) is 3.23. The second-order valence-electron chi connectivity index (χ2n) is 5.42. The number of thiazole rings is 1. The highest BCUT2D eigenvalue weighted by Crippen LogP contribution is 2.39.